The number of benzene rings is 1. The van der Waals surface area contributed by atoms with Crippen molar-refractivity contribution in [3.63, 3.8) is 0 Å². The molecule has 72 heavy (non-hydrogen) atoms. The summed E-state index contributed by atoms with van der Waals surface area (Å²) >= 11 is 5.42. The first-order chi connectivity index (χ1) is 34.7. The third-order valence-corrected chi connectivity index (χ3v) is 20.0. The fourth-order valence-electron chi connectivity index (χ4n) is 11.2. The topological polar surface area (TPSA) is 40.6 Å². The Morgan fingerprint density at radius 2 is 0.681 bits per heavy atom. The van der Waals surface area contributed by atoms with Gasteiger partial charge in [-0.25, -0.2) is 0 Å². The lowest BCUT2D eigenvalue weighted by atomic mass is 9.93. The molecule has 1 unspecified atom stereocenters. The van der Waals surface area contributed by atoms with Crippen LogP contribution >= 0.6 is 34.0 Å². The van der Waals surface area contributed by atoms with Crippen LogP contribution in [0.15, 0.2) is 48.5 Å². The van der Waals surface area contributed by atoms with Gasteiger partial charge in [0, 0.05) is 52.8 Å². The number of anilines is 2. The van der Waals surface area contributed by atoms with E-state index in [4.69, 9.17) is 0 Å². The molecule has 7 heteroatoms. The zero-order valence-corrected chi connectivity index (χ0v) is 49.7. The number of nitrogens with zero attached hydrogens (tertiary/aromatic N) is 2. The standard InChI is InChI=1S/C65H98N2O2S3/c1-11-15-19-23-27-31-35-48(34-30-26-22-18-14-4)47-67-53-44-50-52(45-51(53)61(63(67)69)57-41-43-59(72-57)65(8,9)10)66(46-49(36-32-28-24-20-16-12-2)37-33-29-25-21-17-13-3)62(68)60(50)56-39-38-54(70-56)55-40-42-58(71-55)64(5,6)7/h38-45,48-49H,11-37,46-47H2,1-10H3. The molecule has 0 saturated carbocycles. The van der Waals surface area contributed by atoms with Gasteiger partial charge in [0.15, 0.2) is 0 Å². The average Bonchev–Trinajstić information content (AvgIpc) is 4.20. The van der Waals surface area contributed by atoms with Gasteiger partial charge >= 0.3 is 0 Å². The Labute approximate surface area is 451 Å². The number of hydrogen-bond acceptors (Lipinski definition) is 5. The molecule has 2 aliphatic heterocycles. The van der Waals surface area contributed by atoms with Gasteiger partial charge in [-0.15, -0.1) is 34.0 Å². The summed E-state index contributed by atoms with van der Waals surface area (Å²) in [5.41, 5.74) is 3.73. The smallest absolute Gasteiger partial charge is 0.260 e. The summed E-state index contributed by atoms with van der Waals surface area (Å²) in [5.74, 6) is 1.15. The lowest BCUT2D eigenvalue weighted by Crippen LogP contribution is -2.35. The number of thiophene rings is 3. The Morgan fingerprint density at radius 1 is 0.389 bits per heavy atom. The van der Waals surface area contributed by atoms with E-state index in [9.17, 15) is 0 Å². The highest BCUT2D eigenvalue weighted by Crippen LogP contribution is 2.42. The van der Waals surface area contributed by atoms with Gasteiger partial charge in [-0.05, 0) is 96.9 Å². The van der Waals surface area contributed by atoms with E-state index < -0.39 is 0 Å². The highest BCUT2D eigenvalue weighted by Gasteiger charge is 2.38. The third-order valence-electron chi connectivity index (χ3n) is 15.7. The third kappa shape index (κ3) is 16.0. The molecule has 0 saturated heterocycles. The molecule has 6 rings (SSSR count). The molecule has 4 aromatic rings. The summed E-state index contributed by atoms with van der Waals surface area (Å²) in [6, 6.07) is 18.1. The zero-order valence-electron chi connectivity index (χ0n) is 47.2. The molecule has 0 spiro atoms. The minimum atomic E-state index is -0.0172. The predicted molar refractivity (Wildman–Crippen MR) is 319 cm³/mol. The molecule has 398 valence electrons. The molecule has 2 aliphatic rings. The summed E-state index contributed by atoms with van der Waals surface area (Å²) < 4.78 is 0. The summed E-state index contributed by atoms with van der Waals surface area (Å²) in [6.07, 6.45) is 34.1. The number of carbonyl (C=O) groups excluding carboxylic acids is 2. The molecule has 1 atom stereocenters. The van der Waals surface area contributed by atoms with Gasteiger partial charge in [0.25, 0.3) is 11.8 Å². The summed E-state index contributed by atoms with van der Waals surface area (Å²) in [5, 5.41) is 2.03. The first-order valence-electron chi connectivity index (χ1n) is 29.6. The lowest BCUT2D eigenvalue weighted by Gasteiger charge is -2.27. The second-order valence-corrected chi connectivity index (χ2v) is 27.3. The van der Waals surface area contributed by atoms with Crippen molar-refractivity contribution in [1.29, 1.82) is 0 Å². The van der Waals surface area contributed by atoms with Gasteiger partial charge in [-0.1, -0.05) is 217 Å². The molecule has 0 aliphatic carbocycles. The maximum atomic E-state index is 15.6. The molecule has 2 amide bonds. The molecule has 4 nitrogen and oxygen atoms in total. The van der Waals surface area contributed by atoms with Crippen molar-refractivity contribution in [2.24, 2.45) is 11.8 Å². The maximum absolute atomic E-state index is 15.6. The van der Waals surface area contributed by atoms with Crippen LogP contribution in [0.3, 0.4) is 0 Å². The van der Waals surface area contributed by atoms with E-state index in [0.29, 0.717) is 11.8 Å². The quantitative estimate of drug-likeness (QED) is 0.0438. The molecule has 1 aromatic carbocycles. The normalized spacial score (nSPS) is 14.5. The van der Waals surface area contributed by atoms with Gasteiger partial charge in [-0.2, -0.15) is 0 Å². The largest absolute Gasteiger partial charge is 0.307 e. The van der Waals surface area contributed by atoms with E-state index in [1.54, 1.807) is 22.7 Å². The molecule has 5 heterocycles. The number of rotatable bonds is 34. The second kappa shape index (κ2) is 28.8. The molecule has 0 radical (unpaired) electrons. The van der Waals surface area contributed by atoms with Crippen molar-refractivity contribution < 1.29 is 9.59 Å². The number of unbranched alkanes of at least 4 members (excludes halogenated alkanes) is 19. The van der Waals surface area contributed by atoms with Crippen molar-refractivity contribution in [1.82, 2.24) is 0 Å². The first-order valence-corrected chi connectivity index (χ1v) is 32.0. The molecular formula is C65H98N2O2S3. The van der Waals surface area contributed by atoms with E-state index in [-0.39, 0.29) is 22.6 Å². The predicted octanol–water partition coefficient (Wildman–Crippen LogP) is 19.1. The Morgan fingerprint density at radius 3 is 1.04 bits per heavy atom. The minimum Gasteiger partial charge on any atom is -0.307 e. The Kier molecular flexibility index (Phi) is 23.3. The van der Waals surface area contributed by atoms with E-state index in [0.717, 1.165) is 81.5 Å². The van der Waals surface area contributed by atoms with E-state index in [2.05, 4.69) is 128 Å². The number of carbonyl (C=O) groups is 2. The highest BCUT2D eigenvalue weighted by molar-refractivity contribution is 7.23. The molecular weight excluding hydrogens is 937 g/mol. The fourth-order valence-corrected chi connectivity index (χ4v) is 14.5. The van der Waals surface area contributed by atoms with Crippen LogP contribution in [-0.2, 0) is 20.4 Å². The number of amides is 2. The highest BCUT2D eigenvalue weighted by atomic mass is 32.1. The Balaban J connectivity index is 1.46. The summed E-state index contributed by atoms with van der Waals surface area (Å²) in [7, 11) is 0. The van der Waals surface area contributed by atoms with Crippen LogP contribution in [0.25, 0.3) is 20.9 Å². The van der Waals surface area contributed by atoms with Crippen LogP contribution in [0.2, 0.25) is 0 Å². The summed E-state index contributed by atoms with van der Waals surface area (Å²) in [6.45, 7) is 24.3. The molecule has 0 N–H and O–H groups in total. The van der Waals surface area contributed by atoms with Crippen LogP contribution in [0, 0.1) is 11.8 Å². The number of hydrogen-bond donors (Lipinski definition) is 0. The van der Waals surface area contributed by atoms with Crippen molar-refractivity contribution in [3.05, 3.63) is 78.5 Å². The van der Waals surface area contributed by atoms with Crippen LogP contribution in [0.4, 0.5) is 11.4 Å². The molecule has 0 fully saturated rings. The van der Waals surface area contributed by atoms with Crippen LogP contribution < -0.4 is 20.2 Å². The first kappa shape index (κ1) is 58.3. The SMILES string of the molecule is CCCCCCCCC(CCCCCCCC)CN1C(=O)C(c2ccc(-c3ccc(C(C)(C)C)s3)s2)=c2cc3c(cc21)=C(c1ccc(C(C)(C)C)s1)C(=O)N3CC(CCCCCCC)CCCCCCCC. The Bertz CT molecular complexity index is 2400. The lowest BCUT2D eigenvalue weighted by molar-refractivity contribution is -0.114. The fraction of sp³-hybridized carbons (Fsp3) is 0.662. The molecule has 3 aromatic heterocycles. The van der Waals surface area contributed by atoms with Crippen molar-refractivity contribution in [3.8, 4) is 9.75 Å². The average molecular weight is 1040 g/mol. The number of fused-ring (bicyclic) bond motifs is 2. The van der Waals surface area contributed by atoms with E-state index in [1.165, 1.54) is 167 Å². The zero-order chi connectivity index (χ0) is 51.7. The van der Waals surface area contributed by atoms with Gasteiger partial charge in [-0.3, -0.25) is 9.59 Å². The van der Waals surface area contributed by atoms with Crippen molar-refractivity contribution >= 4 is 68.3 Å². The van der Waals surface area contributed by atoms with Gasteiger partial charge in [0.2, 0.25) is 0 Å². The van der Waals surface area contributed by atoms with Crippen LogP contribution in [0.1, 0.15) is 262 Å². The van der Waals surface area contributed by atoms with E-state index in [1.807, 2.05) is 11.3 Å². The maximum Gasteiger partial charge on any atom is 0.260 e. The van der Waals surface area contributed by atoms with Crippen LogP contribution in [0.5, 0.6) is 0 Å². The summed E-state index contributed by atoms with van der Waals surface area (Å²) in [4.78, 5) is 42.7. The van der Waals surface area contributed by atoms with Gasteiger partial charge in [0.1, 0.15) is 0 Å². The molecule has 0 bridgehead atoms. The van der Waals surface area contributed by atoms with Crippen molar-refractivity contribution in [2.75, 3.05) is 22.9 Å². The minimum absolute atomic E-state index is 0.0172. The monoisotopic (exact) mass is 1030 g/mol. The van der Waals surface area contributed by atoms with Gasteiger partial charge in [0.05, 0.1) is 22.5 Å². The van der Waals surface area contributed by atoms with E-state index >= 15 is 9.59 Å². The van der Waals surface area contributed by atoms with Gasteiger partial charge < -0.3 is 9.80 Å². The second-order valence-electron chi connectivity index (χ2n) is 24.1. The van der Waals surface area contributed by atoms with Crippen LogP contribution in [-0.4, -0.2) is 24.9 Å². The van der Waals surface area contributed by atoms with Crippen molar-refractivity contribution in [2.45, 2.75) is 253 Å². The Hall–Kier alpha value is -3.00.